The van der Waals surface area contributed by atoms with Crippen molar-refractivity contribution >= 4 is 49.6 Å². The molecule has 8 heteroatoms. The molecule has 0 spiro atoms. The molecule has 4 aromatic carbocycles. The number of ether oxygens (including phenoxy) is 4. The molecule has 0 radical (unpaired) electrons. The van der Waals surface area contributed by atoms with E-state index in [4.69, 9.17) is 28.9 Å². The van der Waals surface area contributed by atoms with Crippen molar-refractivity contribution in [3.05, 3.63) is 48.0 Å². The Bertz CT molecular complexity index is 1940. The number of rotatable bonds is 25. The summed E-state index contributed by atoms with van der Waals surface area (Å²) in [5.41, 5.74) is 2.72. The van der Waals surface area contributed by atoms with Crippen LogP contribution in [0.4, 0.5) is 0 Å². The van der Waals surface area contributed by atoms with Crippen molar-refractivity contribution in [2.75, 3.05) is 26.4 Å². The molecule has 0 saturated heterocycles. The zero-order chi connectivity index (χ0) is 37.4. The van der Waals surface area contributed by atoms with Crippen molar-refractivity contribution in [3.8, 4) is 23.0 Å². The fourth-order valence-corrected chi connectivity index (χ4v) is 6.82. The van der Waals surface area contributed by atoms with Gasteiger partial charge in [-0.15, -0.1) is 0 Å². The minimum absolute atomic E-state index is 0.172. The molecule has 286 valence electrons. The average Bonchev–Trinajstić information content (AvgIpc) is 3.17. The molecule has 5 rings (SSSR count). The Morgan fingerprint density at radius 1 is 0.472 bits per heavy atom. The third kappa shape index (κ3) is 10.6. The summed E-state index contributed by atoms with van der Waals surface area (Å²) >= 11 is 0. The van der Waals surface area contributed by atoms with Gasteiger partial charge in [-0.2, -0.15) is 0 Å². The molecule has 0 unspecified atom stereocenters. The maximum atomic E-state index is 11.9. The lowest BCUT2D eigenvalue weighted by Crippen LogP contribution is -2.04. The molecular formula is C45H60N2O6. The Kier molecular flexibility index (Phi) is 15.6. The number of nitrogens with zero attached hydrogens (tertiary/aromatic N) is 2. The Morgan fingerprint density at radius 3 is 1.19 bits per heavy atom. The number of aromatic nitrogens is 2. The van der Waals surface area contributed by atoms with Crippen LogP contribution in [0.15, 0.2) is 42.5 Å². The van der Waals surface area contributed by atoms with Crippen LogP contribution in [0.5, 0.6) is 23.0 Å². The Hall–Kier alpha value is -4.33. The van der Waals surface area contributed by atoms with Crippen molar-refractivity contribution in [3.63, 3.8) is 0 Å². The van der Waals surface area contributed by atoms with E-state index in [0.717, 1.165) is 103 Å². The van der Waals surface area contributed by atoms with Gasteiger partial charge in [0.25, 0.3) is 0 Å². The molecule has 0 saturated carbocycles. The highest BCUT2D eigenvalue weighted by molar-refractivity contribution is 6.25. The van der Waals surface area contributed by atoms with Crippen molar-refractivity contribution in [1.82, 2.24) is 9.97 Å². The third-order valence-electron chi connectivity index (χ3n) is 9.90. The van der Waals surface area contributed by atoms with Crippen LogP contribution in [0, 0.1) is 0 Å². The van der Waals surface area contributed by atoms with Crippen LogP contribution < -0.4 is 18.9 Å². The monoisotopic (exact) mass is 724 g/mol. The highest BCUT2D eigenvalue weighted by Crippen LogP contribution is 2.44. The second-order valence-corrected chi connectivity index (χ2v) is 14.3. The number of unbranched alkanes of at least 4 members (excludes halogenated alkanes) is 12. The highest BCUT2D eigenvalue weighted by Gasteiger charge is 2.20. The number of aromatic carboxylic acids is 1. The molecule has 0 bridgehead atoms. The average molecular weight is 725 g/mol. The fraction of sp³-hybridized carbons (Fsp3) is 0.533. The third-order valence-corrected chi connectivity index (χ3v) is 9.90. The van der Waals surface area contributed by atoms with E-state index in [9.17, 15) is 9.90 Å². The highest BCUT2D eigenvalue weighted by atomic mass is 16.5. The topological polar surface area (TPSA) is 100 Å². The number of fused-ring (bicyclic) bond motifs is 7. The van der Waals surface area contributed by atoms with E-state index in [1.165, 1.54) is 32.1 Å². The van der Waals surface area contributed by atoms with E-state index < -0.39 is 5.97 Å². The van der Waals surface area contributed by atoms with E-state index in [2.05, 4.69) is 45.9 Å². The molecule has 1 heterocycles. The van der Waals surface area contributed by atoms with E-state index in [1.54, 1.807) is 18.2 Å². The quantitative estimate of drug-likeness (QED) is 0.0361. The standard InChI is InChI=1S/C45H60N2O6/c1-5-9-13-17-23-50-39-28-33-34-29-40(51-24-18-14-10-6-2)42(53-26-20-16-12-8-4)31-36(34)44-43(35(33)30-41(39)52-25-19-15-11-7-3)46-37-22-21-32(45(48)49)27-38(37)47-44/h21-22,27-31H,5-20,23-26H2,1-4H3,(H,48,49). The number of carboxylic acids is 1. The number of hydrogen-bond acceptors (Lipinski definition) is 7. The van der Waals surface area contributed by atoms with Crippen LogP contribution in [-0.2, 0) is 0 Å². The van der Waals surface area contributed by atoms with Gasteiger partial charge in [-0.25, -0.2) is 14.8 Å². The maximum Gasteiger partial charge on any atom is 0.335 e. The summed E-state index contributed by atoms with van der Waals surface area (Å²) in [7, 11) is 0. The van der Waals surface area contributed by atoms with Gasteiger partial charge in [0, 0.05) is 10.8 Å². The number of benzene rings is 4. The van der Waals surface area contributed by atoms with Crippen LogP contribution in [0.25, 0.3) is 43.6 Å². The molecule has 0 atom stereocenters. The first kappa shape index (κ1) is 39.9. The van der Waals surface area contributed by atoms with Gasteiger partial charge in [0.15, 0.2) is 23.0 Å². The Morgan fingerprint density at radius 2 is 0.830 bits per heavy atom. The zero-order valence-electron chi connectivity index (χ0n) is 32.6. The molecule has 0 aliphatic heterocycles. The predicted octanol–water partition coefficient (Wildman–Crippen LogP) is 12.6. The van der Waals surface area contributed by atoms with Gasteiger partial charge >= 0.3 is 5.97 Å². The van der Waals surface area contributed by atoms with E-state index >= 15 is 0 Å². The lowest BCUT2D eigenvalue weighted by Gasteiger charge is -2.19. The molecule has 5 aromatic rings. The summed E-state index contributed by atoms with van der Waals surface area (Å²) in [6.07, 6.45) is 17.7. The molecule has 1 N–H and O–H groups in total. The van der Waals surface area contributed by atoms with Crippen molar-refractivity contribution in [2.24, 2.45) is 0 Å². The van der Waals surface area contributed by atoms with Crippen LogP contribution in [0.2, 0.25) is 0 Å². The fourth-order valence-electron chi connectivity index (χ4n) is 6.82. The van der Waals surface area contributed by atoms with Gasteiger partial charge in [0.05, 0.1) is 54.1 Å². The summed E-state index contributed by atoms with van der Waals surface area (Å²) in [5.74, 6) is 1.83. The van der Waals surface area contributed by atoms with Crippen molar-refractivity contribution in [2.45, 2.75) is 130 Å². The lowest BCUT2D eigenvalue weighted by atomic mass is 9.97. The molecular weight excluding hydrogens is 665 g/mol. The summed E-state index contributed by atoms with van der Waals surface area (Å²) in [4.78, 5) is 22.2. The van der Waals surface area contributed by atoms with Crippen LogP contribution in [-0.4, -0.2) is 47.5 Å². The van der Waals surface area contributed by atoms with Crippen LogP contribution >= 0.6 is 0 Å². The Labute approximate surface area is 315 Å². The summed E-state index contributed by atoms with van der Waals surface area (Å²) in [6.45, 7) is 11.3. The summed E-state index contributed by atoms with van der Waals surface area (Å²) in [5, 5.41) is 13.4. The van der Waals surface area contributed by atoms with E-state index in [-0.39, 0.29) is 5.56 Å². The minimum atomic E-state index is -1.00. The molecule has 0 amide bonds. The van der Waals surface area contributed by atoms with Gasteiger partial charge in [-0.1, -0.05) is 105 Å². The zero-order valence-corrected chi connectivity index (χ0v) is 32.6. The number of carboxylic acid groups (broad SMARTS) is 1. The van der Waals surface area contributed by atoms with Crippen molar-refractivity contribution < 1.29 is 28.8 Å². The minimum Gasteiger partial charge on any atom is -0.490 e. The van der Waals surface area contributed by atoms with Crippen LogP contribution in [0.3, 0.4) is 0 Å². The SMILES string of the molecule is CCCCCCOc1cc2c3cc(OCCCCCC)c(OCCCCCC)cc3c3nc4cc(C(=O)O)ccc4nc3c2cc1OCCCCCC. The normalized spacial score (nSPS) is 11.5. The molecule has 8 nitrogen and oxygen atoms in total. The maximum absolute atomic E-state index is 11.9. The second-order valence-electron chi connectivity index (χ2n) is 14.3. The number of hydrogen-bond donors (Lipinski definition) is 1. The molecule has 0 aliphatic rings. The van der Waals surface area contributed by atoms with Crippen molar-refractivity contribution in [1.29, 1.82) is 0 Å². The largest absolute Gasteiger partial charge is 0.490 e. The van der Waals surface area contributed by atoms with E-state index in [0.29, 0.717) is 60.2 Å². The first-order chi connectivity index (χ1) is 26.0. The Balaban J connectivity index is 1.71. The number of carbonyl (C=O) groups is 1. The predicted molar refractivity (Wildman–Crippen MR) is 218 cm³/mol. The van der Waals surface area contributed by atoms with Gasteiger partial charge in [-0.05, 0) is 78.9 Å². The smallest absolute Gasteiger partial charge is 0.335 e. The van der Waals surface area contributed by atoms with Crippen LogP contribution in [0.1, 0.15) is 141 Å². The molecule has 0 fully saturated rings. The summed E-state index contributed by atoms with van der Waals surface area (Å²) in [6, 6.07) is 13.2. The lowest BCUT2D eigenvalue weighted by molar-refractivity contribution is 0.0697. The molecule has 0 aliphatic carbocycles. The first-order valence-electron chi connectivity index (χ1n) is 20.4. The second kappa shape index (κ2) is 20.8. The first-order valence-corrected chi connectivity index (χ1v) is 20.4. The van der Waals surface area contributed by atoms with Gasteiger partial charge in [0.2, 0.25) is 0 Å². The summed E-state index contributed by atoms with van der Waals surface area (Å²) < 4.78 is 26.0. The molecule has 1 aromatic heterocycles. The molecule has 53 heavy (non-hydrogen) atoms. The van der Waals surface area contributed by atoms with E-state index in [1.807, 2.05) is 6.07 Å². The van der Waals surface area contributed by atoms with Gasteiger partial charge < -0.3 is 24.1 Å². The van der Waals surface area contributed by atoms with Gasteiger partial charge in [0.1, 0.15) is 0 Å². The van der Waals surface area contributed by atoms with Gasteiger partial charge in [-0.3, -0.25) is 0 Å².